The van der Waals surface area contributed by atoms with Gasteiger partial charge < -0.3 is 0 Å². The van der Waals surface area contributed by atoms with Gasteiger partial charge in [0.2, 0.25) is 0 Å². The van der Waals surface area contributed by atoms with Crippen molar-refractivity contribution in [3.05, 3.63) is 118 Å². The zero-order valence-corrected chi connectivity index (χ0v) is 20.5. The summed E-state index contributed by atoms with van der Waals surface area (Å²) in [7, 11) is 0. The molecule has 164 valence electrons. The Kier molecular flexibility index (Phi) is 4.89. The molecule has 0 atom stereocenters. The van der Waals surface area contributed by atoms with Crippen LogP contribution >= 0.6 is 22.7 Å². The fourth-order valence-corrected chi connectivity index (χ4v) is 7.47. The van der Waals surface area contributed by atoms with E-state index in [1.54, 1.807) is 0 Å². The Morgan fingerprint density at radius 3 is 1.32 bits per heavy atom. The Balaban J connectivity index is 1.19. The van der Waals surface area contributed by atoms with E-state index in [-0.39, 0.29) is 0 Å². The van der Waals surface area contributed by atoms with Crippen molar-refractivity contribution in [3.63, 3.8) is 0 Å². The third-order valence-corrected chi connectivity index (χ3v) is 9.37. The molecule has 2 heterocycles. The first-order chi connectivity index (χ1) is 16.8. The normalized spacial score (nSPS) is 12.0. The van der Waals surface area contributed by atoms with Crippen LogP contribution in [0.2, 0.25) is 0 Å². The van der Waals surface area contributed by atoms with E-state index in [2.05, 4.69) is 97.1 Å². The number of aryl methyl sites for hydroxylation is 4. The Morgan fingerprint density at radius 1 is 0.441 bits per heavy atom. The Hall–Kier alpha value is -3.20. The predicted octanol–water partition coefficient (Wildman–Crippen LogP) is 9.33. The van der Waals surface area contributed by atoms with E-state index >= 15 is 0 Å². The molecule has 0 radical (unpaired) electrons. The summed E-state index contributed by atoms with van der Waals surface area (Å²) in [6.45, 7) is 0. The molecular weight excluding hydrogens is 448 g/mol. The summed E-state index contributed by atoms with van der Waals surface area (Å²) in [5.74, 6) is 0. The van der Waals surface area contributed by atoms with Gasteiger partial charge in [-0.2, -0.15) is 0 Å². The second-order valence-electron chi connectivity index (χ2n) is 9.20. The van der Waals surface area contributed by atoms with E-state index in [1.807, 2.05) is 22.7 Å². The maximum Gasteiger partial charge on any atom is 0.0352 e. The highest BCUT2D eigenvalue weighted by atomic mass is 32.1. The van der Waals surface area contributed by atoms with Gasteiger partial charge in [-0.05, 0) is 83.3 Å². The van der Waals surface area contributed by atoms with Crippen LogP contribution in [0.1, 0.15) is 20.9 Å². The zero-order valence-electron chi connectivity index (χ0n) is 18.9. The molecular formula is C32H24S2. The molecule has 4 aromatic carbocycles. The van der Waals surface area contributed by atoms with Gasteiger partial charge in [0.25, 0.3) is 0 Å². The fraction of sp³-hybridized carbons (Fsp3) is 0.125. The number of hydrogen-bond acceptors (Lipinski definition) is 2. The minimum atomic E-state index is 1.10. The molecule has 0 N–H and O–H groups in total. The van der Waals surface area contributed by atoms with Gasteiger partial charge in [0.05, 0.1) is 0 Å². The first kappa shape index (κ1) is 20.2. The molecule has 0 fully saturated rings. The summed E-state index contributed by atoms with van der Waals surface area (Å²) >= 11 is 3.92. The fourth-order valence-electron chi connectivity index (χ4n) is 5.33. The van der Waals surface area contributed by atoms with Crippen LogP contribution in [0.25, 0.3) is 42.4 Å². The van der Waals surface area contributed by atoms with E-state index in [0.717, 1.165) is 25.7 Å². The molecule has 0 aliphatic heterocycles. The highest BCUT2D eigenvalue weighted by Crippen LogP contribution is 2.55. The summed E-state index contributed by atoms with van der Waals surface area (Å²) in [5, 5.41) is 2.88. The second kappa shape index (κ2) is 8.23. The van der Waals surface area contributed by atoms with Crippen molar-refractivity contribution in [2.24, 2.45) is 0 Å². The molecule has 7 rings (SSSR count). The van der Waals surface area contributed by atoms with Crippen molar-refractivity contribution in [1.82, 2.24) is 0 Å². The predicted molar refractivity (Wildman–Crippen MR) is 149 cm³/mol. The molecule has 34 heavy (non-hydrogen) atoms. The maximum atomic E-state index is 2.45. The molecule has 0 spiro atoms. The zero-order chi connectivity index (χ0) is 22.5. The van der Waals surface area contributed by atoms with Crippen LogP contribution in [0, 0.1) is 0 Å². The molecule has 0 nitrogen and oxygen atoms in total. The number of benzene rings is 4. The molecule has 0 bridgehead atoms. The van der Waals surface area contributed by atoms with E-state index in [1.165, 1.54) is 63.3 Å². The molecule has 0 saturated heterocycles. The van der Waals surface area contributed by atoms with Crippen molar-refractivity contribution < 1.29 is 0 Å². The van der Waals surface area contributed by atoms with E-state index < -0.39 is 0 Å². The smallest absolute Gasteiger partial charge is 0.0352 e. The van der Waals surface area contributed by atoms with Crippen LogP contribution in [-0.2, 0) is 25.7 Å². The molecule has 2 aromatic heterocycles. The van der Waals surface area contributed by atoms with Crippen molar-refractivity contribution in [1.29, 1.82) is 0 Å². The highest BCUT2D eigenvalue weighted by Gasteiger charge is 2.28. The SMILES string of the molecule is c1ccc(CCc2cc3c4c(ccc3s2)-c2c-4ccc3sc(CCc4ccccc4)cc23)cc1. The Labute approximate surface area is 208 Å². The molecule has 0 unspecified atom stereocenters. The van der Waals surface area contributed by atoms with E-state index in [4.69, 9.17) is 0 Å². The van der Waals surface area contributed by atoms with Crippen LogP contribution < -0.4 is 0 Å². The highest BCUT2D eigenvalue weighted by molar-refractivity contribution is 7.19. The van der Waals surface area contributed by atoms with Crippen molar-refractivity contribution in [3.8, 4) is 22.3 Å². The Bertz CT molecular complexity index is 1500. The van der Waals surface area contributed by atoms with Gasteiger partial charge in [0.15, 0.2) is 0 Å². The van der Waals surface area contributed by atoms with E-state index in [0.29, 0.717) is 0 Å². The summed E-state index contributed by atoms with van der Waals surface area (Å²) in [5.41, 5.74) is 8.64. The topological polar surface area (TPSA) is 0 Å². The summed E-state index contributed by atoms with van der Waals surface area (Å²) in [4.78, 5) is 2.97. The number of rotatable bonds is 6. The first-order valence-corrected chi connectivity index (χ1v) is 13.7. The van der Waals surface area contributed by atoms with Gasteiger partial charge >= 0.3 is 0 Å². The minimum Gasteiger partial charge on any atom is -0.140 e. The molecule has 6 aromatic rings. The lowest BCUT2D eigenvalue weighted by Gasteiger charge is -2.25. The van der Waals surface area contributed by atoms with Gasteiger partial charge in [-0.1, -0.05) is 72.8 Å². The summed E-state index contributed by atoms with van der Waals surface area (Å²) in [6.07, 6.45) is 4.43. The minimum absolute atomic E-state index is 1.10. The monoisotopic (exact) mass is 472 g/mol. The van der Waals surface area contributed by atoms with Gasteiger partial charge in [-0.3, -0.25) is 0 Å². The molecule has 0 amide bonds. The second-order valence-corrected chi connectivity index (χ2v) is 11.5. The van der Waals surface area contributed by atoms with Crippen LogP contribution in [0.3, 0.4) is 0 Å². The Morgan fingerprint density at radius 2 is 0.882 bits per heavy atom. The average molecular weight is 473 g/mol. The van der Waals surface area contributed by atoms with Gasteiger partial charge in [-0.25, -0.2) is 0 Å². The lowest BCUT2D eigenvalue weighted by molar-refractivity contribution is 0.982. The standard InChI is InChI=1S/C32H24S2/c1-3-7-21(8-4-1)11-13-23-19-27-29(33-23)17-15-25-31(27)26-16-18-30-28(32(25)26)20-24(34-30)14-12-22-9-5-2-6-10-22/h1-10,15-20H,11-14H2. The maximum absolute atomic E-state index is 2.45. The number of fused-ring (bicyclic) bond motifs is 8. The van der Waals surface area contributed by atoms with E-state index in [9.17, 15) is 0 Å². The van der Waals surface area contributed by atoms with Gasteiger partial charge in [-0.15, -0.1) is 22.7 Å². The van der Waals surface area contributed by atoms with Crippen molar-refractivity contribution in [2.45, 2.75) is 25.7 Å². The molecule has 1 aliphatic rings. The molecule has 0 saturated carbocycles. The van der Waals surface area contributed by atoms with Crippen LogP contribution in [0.15, 0.2) is 97.1 Å². The van der Waals surface area contributed by atoms with Crippen LogP contribution in [-0.4, -0.2) is 0 Å². The van der Waals surface area contributed by atoms with Crippen LogP contribution in [0.4, 0.5) is 0 Å². The van der Waals surface area contributed by atoms with Gasteiger partial charge in [0, 0.05) is 29.9 Å². The third-order valence-electron chi connectivity index (χ3n) is 7.05. The lowest BCUT2D eigenvalue weighted by Crippen LogP contribution is -1.99. The van der Waals surface area contributed by atoms with Crippen molar-refractivity contribution >= 4 is 42.8 Å². The largest absolute Gasteiger partial charge is 0.140 e. The summed E-state index contributed by atoms with van der Waals surface area (Å²) in [6, 6.07) is 36.0. The third kappa shape index (κ3) is 3.41. The number of hydrogen-bond donors (Lipinski definition) is 0. The quantitative estimate of drug-likeness (QED) is 0.226. The molecule has 2 heteroatoms. The van der Waals surface area contributed by atoms with Gasteiger partial charge in [0.1, 0.15) is 0 Å². The summed E-state index contributed by atoms with van der Waals surface area (Å²) < 4.78 is 2.84. The number of thiophene rings is 2. The molecule has 1 aliphatic carbocycles. The average Bonchev–Trinajstić information content (AvgIpc) is 3.47. The lowest BCUT2D eigenvalue weighted by atomic mass is 9.77. The van der Waals surface area contributed by atoms with Crippen molar-refractivity contribution in [2.75, 3.05) is 0 Å². The van der Waals surface area contributed by atoms with Crippen LogP contribution in [0.5, 0.6) is 0 Å². The first-order valence-electron chi connectivity index (χ1n) is 12.0.